The van der Waals surface area contributed by atoms with Crippen LogP contribution in [-0.4, -0.2) is 54.5 Å². The lowest BCUT2D eigenvalue weighted by molar-refractivity contribution is -0.125. The maximum Gasteiger partial charge on any atom is 0.322 e. The zero-order chi connectivity index (χ0) is 16.2. The summed E-state index contributed by atoms with van der Waals surface area (Å²) in [6.07, 6.45) is 2.75. The number of hydrogen-bond donors (Lipinski definition) is 3. The third-order valence-electron chi connectivity index (χ3n) is 4.50. The molecule has 1 atom stereocenters. The summed E-state index contributed by atoms with van der Waals surface area (Å²) < 4.78 is 0. The molecule has 0 saturated carbocycles. The minimum absolute atomic E-state index is 0.157. The van der Waals surface area contributed by atoms with Crippen molar-refractivity contribution in [1.82, 2.24) is 20.9 Å². The molecule has 124 valence electrons. The molecule has 2 aliphatic heterocycles. The van der Waals surface area contributed by atoms with E-state index in [9.17, 15) is 9.59 Å². The molecule has 1 unspecified atom stereocenters. The van der Waals surface area contributed by atoms with Crippen LogP contribution in [0, 0.1) is 5.92 Å². The first-order valence-corrected chi connectivity index (χ1v) is 8.18. The molecule has 2 aliphatic rings. The van der Waals surface area contributed by atoms with Crippen LogP contribution in [0.15, 0.2) is 4.99 Å². The lowest BCUT2D eigenvalue weighted by Gasteiger charge is -2.39. The number of nitrogens with one attached hydrogen (secondary N) is 3. The molecule has 0 aromatic carbocycles. The molecule has 0 bridgehead atoms. The van der Waals surface area contributed by atoms with Gasteiger partial charge in [0.15, 0.2) is 5.96 Å². The first kappa shape index (κ1) is 16.6. The van der Waals surface area contributed by atoms with Gasteiger partial charge in [-0.15, -0.1) is 0 Å². The molecule has 2 heterocycles. The maximum atomic E-state index is 12.0. The van der Waals surface area contributed by atoms with E-state index < -0.39 is 5.54 Å². The van der Waals surface area contributed by atoms with Crippen molar-refractivity contribution in [3.8, 4) is 0 Å². The predicted molar refractivity (Wildman–Crippen MR) is 85.6 cm³/mol. The van der Waals surface area contributed by atoms with Crippen molar-refractivity contribution in [1.29, 1.82) is 0 Å². The summed E-state index contributed by atoms with van der Waals surface area (Å²) >= 11 is 0. The second kappa shape index (κ2) is 6.98. The summed E-state index contributed by atoms with van der Waals surface area (Å²) in [5.74, 6) is 0.902. The van der Waals surface area contributed by atoms with Crippen molar-refractivity contribution in [3.63, 3.8) is 0 Å². The van der Waals surface area contributed by atoms with Crippen molar-refractivity contribution in [2.45, 2.75) is 45.6 Å². The Balaban J connectivity index is 1.97. The van der Waals surface area contributed by atoms with E-state index in [1.165, 1.54) is 0 Å². The number of carbonyl (C=O) groups excluding carboxylic acids is 2. The van der Waals surface area contributed by atoms with Gasteiger partial charge in [0, 0.05) is 26.2 Å². The van der Waals surface area contributed by atoms with E-state index in [1.54, 1.807) is 0 Å². The van der Waals surface area contributed by atoms with Crippen molar-refractivity contribution >= 4 is 17.9 Å². The van der Waals surface area contributed by atoms with E-state index >= 15 is 0 Å². The summed E-state index contributed by atoms with van der Waals surface area (Å²) in [5.41, 5.74) is -0.776. The molecule has 0 aromatic heterocycles. The van der Waals surface area contributed by atoms with Crippen LogP contribution in [0.4, 0.5) is 4.79 Å². The molecule has 2 rings (SSSR count). The molecule has 22 heavy (non-hydrogen) atoms. The zero-order valence-electron chi connectivity index (χ0n) is 13.7. The number of likely N-dealkylation sites (tertiary alicyclic amines) is 1. The number of aliphatic imine (C=N–C) groups is 1. The number of carbonyl (C=O) groups is 2. The molecule has 0 radical (unpaired) electrons. The van der Waals surface area contributed by atoms with Gasteiger partial charge in [-0.05, 0) is 39.0 Å². The molecule has 7 nitrogen and oxygen atoms in total. The highest BCUT2D eigenvalue weighted by Crippen LogP contribution is 2.30. The Bertz CT molecular complexity index is 457. The van der Waals surface area contributed by atoms with Gasteiger partial charge in [-0.2, -0.15) is 0 Å². The number of nitrogens with zero attached hydrogens (tertiary/aromatic N) is 2. The fourth-order valence-electron chi connectivity index (χ4n) is 3.16. The molecule has 0 aromatic rings. The maximum absolute atomic E-state index is 12.0. The third kappa shape index (κ3) is 3.34. The third-order valence-corrected chi connectivity index (χ3v) is 4.50. The van der Waals surface area contributed by atoms with E-state index in [0.717, 1.165) is 51.4 Å². The summed E-state index contributed by atoms with van der Waals surface area (Å²) in [6, 6.07) is -0.382. The first-order chi connectivity index (χ1) is 10.5. The van der Waals surface area contributed by atoms with E-state index in [4.69, 9.17) is 0 Å². The summed E-state index contributed by atoms with van der Waals surface area (Å²) in [5, 5.41) is 8.46. The molecule has 2 saturated heterocycles. The van der Waals surface area contributed by atoms with Gasteiger partial charge in [-0.3, -0.25) is 15.1 Å². The van der Waals surface area contributed by atoms with Gasteiger partial charge in [-0.25, -0.2) is 4.79 Å². The number of amides is 3. The van der Waals surface area contributed by atoms with Crippen LogP contribution in [0.3, 0.4) is 0 Å². The number of urea groups is 1. The minimum atomic E-state index is -0.776. The van der Waals surface area contributed by atoms with Gasteiger partial charge in [0.05, 0.1) is 0 Å². The molecule has 0 spiro atoms. The van der Waals surface area contributed by atoms with Gasteiger partial charge in [-0.1, -0.05) is 6.92 Å². The van der Waals surface area contributed by atoms with Crippen molar-refractivity contribution in [3.05, 3.63) is 0 Å². The van der Waals surface area contributed by atoms with Crippen LogP contribution < -0.4 is 16.0 Å². The molecular formula is C15H27N5O2. The first-order valence-electron chi connectivity index (χ1n) is 8.18. The minimum Gasteiger partial charge on any atom is -0.357 e. The smallest absolute Gasteiger partial charge is 0.322 e. The predicted octanol–water partition coefficient (Wildman–Crippen LogP) is 0.672. The Kier molecular flexibility index (Phi) is 5.26. The largest absolute Gasteiger partial charge is 0.357 e. The monoisotopic (exact) mass is 309 g/mol. The number of imide groups is 1. The topological polar surface area (TPSA) is 85.8 Å². The molecule has 3 amide bonds. The molecular weight excluding hydrogens is 282 g/mol. The average molecular weight is 309 g/mol. The molecule has 7 heteroatoms. The highest BCUT2D eigenvalue weighted by Gasteiger charge is 2.48. The fraction of sp³-hybridized carbons (Fsp3) is 0.800. The van der Waals surface area contributed by atoms with Crippen LogP contribution in [0.25, 0.3) is 0 Å². The van der Waals surface area contributed by atoms with Crippen molar-refractivity contribution in [2.75, 3.05) is 26.2 Å². The van der Waals surface area contributed by atoms with E-state index in [0.29, 0.717) is 0 Å². The average Bonchev–Trinajstić information content (AvgIpc) is 2.77. The molecule has 2 fully saturated rings. The Hall–Kier alpha value is -1.79. The normalized spacial score (nSPS) is 26.9. The Labute approximate surface area is 131 Å². The number of piperidine rings is 1. The van der Waals surface area contributed by atoms with Gasteiger partial charge in [0.2, 0.25) is 0 Å². The second-order valence-corrected chi connectivity index (χ2v) is 6.11. The lowest BCUT2D eigenvalue weighted by atomic mass is 9.79. The molecule has 3 N–H and O–H groups in total. The van der Waals surface area contributed by atoms with Crippen LogP contribution in [0.1, 0.15) is 40.0 Å². The van der Waals surface area contributed by atoms with E-state index in [1.807, 2.05) is 6.92 Å². The van der Waals surface area contributed by atoms with Crippen molar-refractivity contribution < 1.29 is 9.59 Å². The van der Waals surface area contributed by atoms with Crippen LogP contribution in [0.5, 0.6) is 0 Å². The van der Waals surface area contributed by atoms with Crippen LogP contribution >= 0.6 is 0 Å². The summed E-state index contributed by atoms with van der Waals surface area (Å²) in [7, 11) is 0. The van der Waals surface area contributed by atoms with E-state index in [2.05, 4.69) is 39.7 Å². The van der Waals surface area contributed by atoms with E-state index in [-0.39, 0.29) is 17.9 Å². The number of guanidine groups is 1. The van der Waals surface area contributed by atoms with Gasteiger partial charge in [0.1, 0.15) is 5.54 Å². The zero-order valence-corrected chi connectivity index (χ0v) is 13.7. The number of rotatable bonds is 4. The Morgan fingerprint density at radius 2 is 2.05 bits per heavy atom. The summed E-state index contributed by atoms with van der Waals surface area (Å²) in [4.78, 5) is 30.3. The number of hydrogen-bond acceptors (Lipinski definition) is 3. The Morgan fingerprint density at radius 1 is 1.36 bits per heavy atom. The second-order valence-electron chi connectivity index (χ2n) is 6.11. The highest BCUT2D eigenvalue weighted by atomic mass is 16.2. The fourth-order valence-corrected chi connectivity index (χ4v) is 3.16. The van der Waals surface area contributed by atoms with Crippen molar-refractivity contribution in [2.24, 2.45) is 10.9 Å². The standard InChI is InChI=1S/C15H27N5O2/c1-4-8-17-13(16-5-2)20-9-6-11(7-10-20)15(3)12(21)18-14(22)19-15/h11H,4-10H2,1-3H3,(H,16,17)(H2,18,19,21,22). The summed E-state index contributed by atoms with van der Waals surface area (Å²) in [6.45, 7) is 9.36. The molecule has 0 aliphatic carbocycles. The van der Waals surface area contributed by atoms with Gasteiger partial charge in [0.25, 0.3) is 5.91 Å². The van der Waals surface area contributed by atoms with Gasteiger partial charge >= 0.3 is 6.03 Å². The lowest BCUT2D eigenvalue weighted by Crippen LogP contribution is -2.55. The van der Waals surface area contributed by atoms with Crippen LogP contribution in [-0.2, 0) is 4.79 Å². The van der Waals surface area contributed by atoms with Crippen LogP contribution in [0.2, 0.25) is 0 Å². The Morgan fingerprint density at radius 3 is 2.55 bits per heavy atom. The highest BCUT2D eigenvalue weighted by molar-refractivity contribution is 6.07. The quantitative estimate of drug-likeness (QED) is 0.405. The SMILES string of the molecule is CCCN=C(NCC)N1CCC(C2(C)NC(=O)NC2=O)CC1. The van der Waals surface area contributed by atoms with Gasteiger partial charge < -0.3 is 15.5 Å².